The molecule has 0 unspecified atom stereocenters. The summed E-state index contributed by atoms with van der Waals surface area (Å²) in [7, 11) is 0. The average Bonchev–Trinajstić information content (AvgIpc) is 3.87. The van der Waals surface area contributed by atoms with Crippen LogP contribution in [0, 0.1) is 0 Å². The molecule has 3 aromatic heterocycles. The minimum absolute atomic E-state index is 0.615. The predicted octanol–water partition coefficient (Wildman–Crippen LogP) is 14.4. The zero-order chi connectivity index (χ0) is 39.6. The van der Waals surface area contributed by atoms with Crippen molar-refractivity contribution < 1.29 is 4.42 Å². The molecule has 280 valence electrons. The van der Waals surface area contributed by atoms with Crippen LogP contribution in [0.15, 0.2) is 211 Å². The van der Waals surface area contributed by atoms with Gasteiger partial charge in [0.15, 0.2) is 17.5 Å². The maximum atomic E-state index is 6.53. The van der Waals surface area contributed by atoms with Crippen LogP contribution >= 0.6 is 0 Å². The Morgan fingerprint density at radius 2 is 0.950 bits per heavy atom. The normalized spacial score (nSPS) is 11.7. The number of hydrogen-bond donors (Lipinski definition) is 0. The molecule has 0 fully saturated rings. The molecule has 12 aromatic rings. The third-order valence-electron chi connectivity index (χ3n) is 11.6. The molecule has 0 aliphatic heterocycles. The Balaban J connectivity index is 1.04. The number of nitrogens with zero attached hydrogens (tertiary/aromatic N) is 4. The van der Waals surface area contributed by atoms with Gasteiger partial charge in [-0.3, -0.25) is 0 Å². The summed E-state index contributed by atoms with van der Waals surface area (Å²) in [4.78, 5) is 15.3. The van der Waals surface area contributed by atoms with Crippen molar-refractivity contribution in [3.63, 3.8) is 0 Å². The van der Waals surface area contributed by atoms with Gasteiger partial charge in [-0.1, -0.05) is 158 Å². The summed E-state index contributed by atoms with van der Waals surface area (Å²) in [6.45, 7) is 0. The molecule has 5 nitrogen and oxygen atoms in total. The first-order valence-electron chi connectivity index (χ1n) is 20.2. The number of hydrogen-bond acceptors (Lipinski definition) is 4. The van der Waals surface area contributed by atoms with Crippen LogP contribution in [-0.2, 0) is 0 Å². The van der Waals surface area contributed by atoms with Gasteiger partial charge in [0.25, 0.3) is 0 Å². The maximum absolute atomic E-state index is 6.53. The van der Waals surface area contributed by atoms with E-state index in [1.807, 2.05) is 42.5 Å². The van der Waals surface area contributed by atoms with Gasteiger partial charge in [0.2, 0.25) is 0 Å². The topological polar surface area (TPSA) is 56.7 Å². The average molecular weight is 767 g/mol. The summed E-state index contributed by atoms with van der Waals surface area (Å²) in [5, 5.41) is 6.90. The highest BCUT2D eigenvalue weighted by Gasteiger charge is 2.19. The molecule has 5 heteroatoms. The summed E-state index contributed by atoms with van der Waals surface area (Å²) in [6.07, 6.45) is 0. The Kier molecular flexibility index (Phi) is 7.78. The van der Waals surface area contributed by atoms with Gasteiger partial charge in [-0.25, -0.2) is 15.0 Å². The van der Waals surface area contributed by atoms with Crippen molar-refractivity contribution in [3.05, 3.63) is 206 Å². The first-order chi connectivity index (χ1) is 29.7. The summed E-state index contributed by atoms with van der Waals surface area (Å²) in [5.41, 5.74) is 12.3. The van der Waals surface area contributed by atoms with Crippen molar-refractivity contribution >= 4 is 54.5 Å². The molecule has 0 radical (unpaired) electrons. The highest BCUT2D eigenvalue weighted by molar-refractivity contribution is 6.13. The van der Waals surface area contributed by atoms with Crippen LogP contribution in [0.3, 0.4) is 0 Å². The second-order valence-corrected chi connectivity index (χ2v) is 15.2. The Labute approximate surface area is 345 Å². The molecule has 0 aliphatic rings. The van der Waals surface area contributed by atoms with Crippen LogP contribution in [0.4, 0.5) is 0 Å². The van der Waals surface area contributed by atoms with Crippen molar-refractivity contribution in [2.45, 2.75) is 0 Å². The molecule has 0 saturated heterocycles. The van der Waals surface area contributed by atoms with E-state index >= 15 is 0 Å². The molecule has 0 atom stereocenters. The van der Waals surface area contributed by atoms with Gasteiger partial charge in [-0.2, -0.15) is 0 Å². The highest BCUT2D eigenvalue weighted by atomic mass is 16.3. The third kappa shape index (κ3) is 5.67. The molecule has 0 N–H and O–H groups in total. The van der Waals surface area contributed by atoms with E-state index in [4.69, 9.17) is 19.4 Å². The number of aromatic nitrogens is 4. The Morgan fingerprint density at radius 1 is 0.333 bits per heavy atom. The molecule has 3 heterocycles. The van der Waals surface area contributed by atoms with E-state index in [0.717, 1.165) is 83.0 Å². The predicted molar refractivity (Wildman–Crippen MR) is 246 cm³/mol. The number of fused-ring (bicyclic) bond motifs is 7. The first kappa shape index (κ1) is 33.9. The van der Waals surface area contributed by atoms with Crippen molar-refractivity contribution in [3.8, 4) is 62.1 Å². The van der Waals surface area contributed by atoms with Crippen LogP contribution in [-0.4, -0.2) is 19.5 Å². The number of benzene rings is 9. The largest absolute Gasteiger partial charge is 0.455 e. The van der Waals surface area contributed by atoms with Gasteiger partial charge in [-0.15, -0.1) is 0 Å². The quantitative estimate of drug-likeness (QED) is 0.169. The van der Waals surface area contributed by atoms with E-state index in [1.54, 1.807) is 0 Å². The minimum Gasteiger partial charge on any atom is -0.455 e. The van der Waals surface area contributed by atoms with Gasteiger partial charge in [-0.05, 0) is 76.0 Å². The summed E-state index contributed by atoms with van der Waals surface area (Å²) in [6, 6.07) is 72.3. The molecule has 0 saturated carbocycles. The summed E-state index contributed by atoms with van der Waals surface area (Å²) >= 11 is 0. The van der Waals surface area contributed by atoms with Crippen LogP contribution in [0.25, 0.3) is 117 Å². The minimum atomic E-state index is 0.615. The lowest BCUT2D eigenvalue weighted by Crippen LogP contribution is -2.01. The molecule has 0 aliphatic carbocycles. The van der Waals surface area contributed by atoms with E-state index < -0.39 is 0 Å². The molecule has 60 heavy (non-hydrogen) atoms. The standard InChI is InChI=1S/C55H34N4O/c1-3-15-36(16-4-1)47-32-42(33-48-46-23-10-12-25-51(46)60-52(47)48)39-28-29-45-44-22-9-11-24-49(44)59(50(45)34-39)43-21-13-20-40(31-43)54-56-53(37-17-5-2-6-18-37)57-55(58-54)41-27-26-35-14-7-8-19-38(35)30-41/h1-34H. The van der Waals surface area contributed by atoms with Crippen LogP contribution in [0.5, 0.6) is 0 Å². The zero-order valence-electron chi connectivity index (χ0n) is 32.3. The fraction of sp³-hybridized carbons (Fsp3) is 0. The van der Waals surface area contributed by atoms with Crippen molar-refractivity contribution in [2.24, 2.45) is 0 Å². The zero-order valence-corrected chi connectivity index (χ0v) is 32.3. The van der Waals surface area contributed by atoms with Gasteiger partial charge in [0, 0.05) is 49.5 Å². The van der Waals surface area contributed by atoms with Crippen molar-refractivity contribution in [1.29, 1.82) is 0 Å². The van der Waals surface area contributed by atoms with E-state index in [-0.39, 0.29) is 0 Å². The number of furan rings is 1. The van der Waals surface area contributed by atoms with Gasteiger partial charge >= 0.3 is 0 Å². The second-order valence-electron chi connectivity index (χ2n) is 15.2. The lowest BCUT2D eigenvalue weighted by molar-refractivity contribution is 0.670. The van der Waals surface area contributed by atoms with E-state index in [0.29, 0.717) is 17.5 Å². The lowest BCUT2D eigenvalue weighted by Gasteiger charge is -2.13. The second kappa shape index (κ2) is 13.8. The molecule has 0 bridgehead atoms. The van der Waals surface area contributed by atoms with Gasteiger partial charge in [0.1, 0.15) is 11.2 Å². The van der Waals surface area contributed by atoms with Crippen LogP contribution in [0.1, 0.15) is 0 Å². The number of rotatable bonds is 6. The van der Waals surface area contributed by atoms with E-state index in [2.05, 4.69) is 168 Å². The van der Waals surface area contributed by atoms with Crippen LogP contribution in [0.2, 0.25) is 0 Å². The number of para-hydroxylation sites is 2. The molecular formula is C55H34N4O. The maximum Gasteiger partial charge on any atom is 0.164 e. The Morgan fingerprint density at radius 3 is 1.77 bits per heavy atom. The third-order valence-corrected chi connectivity index (χ3v) is 11.6. The SMILES string of the molecule is c1ccc(-c2nc(-c3cccc(-n4c5ccccc5c5ccc(-c6cc(-c7ccccc7)c7oc8ccccc8c7c6)cc54)c3)nc(-c3ccc4ccccc4c3)n2)cc1. The fourth-order valence-corrected chi connectivity index (χ4v) is 8.72. The fourth-order valence-electron chi connectivity index (χ4n) is 8.72. The van der Waals surface area contributed by atoms with Gasteiger partial charge in [0.05, 0.1) is 11.0 Å². The molecular weight excluding hydrogens is 733 g/mol. The molecule has 0 spiro atoms. The van der Waals surface area contributed by atoms with E-state index in [1.165, 1.54) is 16.2 Å². The Hall–Kier alpha value is -8.15. The first-order valence-corrected chi connectivity index (χ1v) is 20.2. The lowest BCUT2D eigenvalue weighted by atomic mass is 9.95. The van der Waals surface area contributed by atoms with E-state index in [9.17, 15) is 0 Å². The van der Waals surface area contributed by atoms with Crippen LogP contribution < -0.4 is 0 Å². The summed E-state index contributed by atoms with van der Waals surface area (Å²) < 4.78 is 8.89. The van der Waals surface area contributed by atoms with Crippen molar-refractivity contribution in [2.75, 3.05) is 0 Å². The molecule has 0 amide bonds. The Bertz CT molecular complexity index is 3610. The highest BCUT2D eigenvalue weighted by Crippen LogP contribution is 2.41. The van der Waals surface area contributed by atoms with Crippen molar-refractivity contribution in [1.82, 2.24) is 19.5 Å². The monoisotopic (exact) mass is 766 g/mol. The molecule has 9 aromatic carbocycles. The molecule has 12 rings (SSSR count). The summed E-state index contributed by atoms with van der Waals surface area (Å²) in [5.74, 6) is 1.88. The smallest absolute Gasteiger partial charge is 0.164 e. The van der Waals surface area contributed by atoms with Gasteiger partial charge < -0.3 is 8.98 Å².